The zero-order valence-corrected chi connectivity index (χ0v) is 18.7. The molecule has 0 aliphatic heterocycles. The monoisotopic (exact) mass is 432 g/mol. The van der Waals surface area contributed by atoms with E-state index in [2.05, 4.69) is 10.8 Å². The van der Waals surface area contributed by atoms with Gasteiger partial charge in [0.2, 0.25) is 4.75 Å². The minimum atomic E-state index is -5.01. The second kappa shape index (κ2) is 12.5. The first kappa shape index (κ1) is 29.8. The van der Waals surface area contributed by atoms with Crippen molar-refractivity contribution < 1.29 is 103 Å². The van der Waals surface area contributed by atoms with Crippen molar-refractivity contribution in [2.24, 2.45) is 5.92 Å². The molecule has 0 aromatic heterocycles. The summed E-state index contributed by atoms with van der Waals surface area (Å²) in [6, 6.07) is 0. The Labute approximate surface area is 190 Å². The first-order valence-electron chi connectivity index (χ1n) is 6.37. The zero-order valence-electron chi connectivity index (χ0n) is 14.9. The van der Waals surface area contributed by atoms with Gasteiger partial charge in [0.1, 0.15) is 0 Å². The number of rotatable bonds is 9. The summed E-state index contributed by atoms with van der Waals surface area (Å²) in [5.41, 5.74) is 0. The Bertz CT molecular complexity index is 662. The van der Waals surface area contributed by atoms with Crippen molar-refractivity contribution >= 4 is 32.5 Å². The van der Waals surface area contributed by atoms with Crippen molar-refractivity contribution in [2.45, 2.75) is 31.4 Å². The van der Waals surface area contributed by atoms with Gasteiger partial charge in [-0.05, 0) is 12.8 Å². The van der Waals surface area contributed by atoms with Gasteiger partial charge >= 0.3 is 73.7 Å². The van der Waals surface area contributed by atoms with Crippen LogP contribution in [-0.2, 0) is 34.3 Å². The first-order valence-corrected chi connectivity index (χ1v) is 9.17. The molecule has 4 N–H and O–H groups in total. The number of carbonyl (C=O) groups is 2. The second-order valence-electron chi connectivity index (χ2n) is 4.32. The molecule has 0 aromatic carbocycles. The Hall–Kier alpha value is 0.0964. The van der Waals surface area contributed by atoms with E-state index in [1.54, 1.807) is 0 Å². The molecule has 25 heavy (non-hydrogen) atoms. The van der Waals surface area contributed by atoms with Gasteiger partial charge in [-0.3, -0.25) is 18.7 Å². The second-order valence-corrected chi connectivity index (χ2v) is 7.09. The average Bonchev–Trinajstić information content (AvgIpc) is 2.39. The number of hydrogen-bond donors (Lipinski definition) is 4. The molecule has 0 heterocycles. The van der Waals surface area contributed by atoms with Crippen molar-refractivity contribution in [2.75, 3.05) is 6.61 Å². The van der Waals surface area contributed by atoms with Crippen LogP contribution < -0.4 is 51.4 Å². The Morgan fingerprint density at radius 2 is 1.64 bits per heavy atom. The molecular formula is C11H21KO11S2. The van der Waals surface area contributed by atoms with Crippen LogP contribution in [0.1, 0.15) is 28.1 Å². The third-order valence-corrected chi connectivity index (χ3v) is 5.05. The van der Waals surface area contributed by atoms with Crippen LogP contribution >= 0.6 is 0 Å². The van der Waals surface area contributed by atoms with E-state index in [4.69, 9.17) is 19.3 Å². The van der Waals surface area contributed by atoms with Crippen LogP contribution in [0.3, 0.4) is 0 Å². The smallest absolute Gasteiger partial charge is 1.00 e. The van der Waals surface area contributed by atoms with Gasteiger partial charge in [0.05, 0.1) is 12.5 Å². The van der Waals surface area contributed by atoms with E-state index in [1.165, 1.54) is 19.9 Å². The molecule has 0 rings (SSSR count). The third kappa shape index (κ3) is 9.55. The molecule has 2 unspecified atom stereocenters. The summed E-state index contributed by atoms with van der Waals surface area (Å²) < 4.78 is 59.6. The maximum absolute atomic E-state index is 11.1. The maximum atomic E-state index is 11.1. The van der Waals surface area contributed by atoms with Crippen LogP contribution in [0.4, 0.5) is 0 Å². The molecule has 0 aliphatic carbocycles. The molecule has 11 nitrogen and oxygen atoms in total. The van der Waals surface area contributed by atoms with Gasteiger partial charge in [-0.25, -0.2) is 4.18 Å². The van der Waals surface area contributed by atoms with E-state index in [0.29, 0.717) is 0 Å². The van der Waals surface area contributed by atoms with Crippen LogP contribution in [0.25, 0.3) is 0 Å². The molecule has 0 amide bonds. The normalized spacial score (nSPS) is 14.7. The van der Waals surface area contributed by atoms with E-state index in [0.717, 1.165) is 0 Å². The molecule has 0 bridgehead atoms. The summed E-state index contributed by atoms with van der Waals surface area (Å²) in [6.07, 6.45) is 0.481. The molecule has 14 heteroatoms. The predicted octanol–water partition coefficient (Wildman–Crippen LogP) is -2.67. The summed E-state index contributed by atoms with van der Waals surface area (Å²) in [4.78, 5) is 21.8. The Morgan fingerprint density at radius 3 is 1.72 bits per heavy atom. The molecule has 0 aromatic rings. The van der Waals surface area contributed by atoms with Gasteiger partial charge in [0.25, 0.3) is 10.1 Å². The number of carboxylic acids is 2. The van der Waals surface area contributed by atoms with E-state index in [9.17, 15) is 26.4 Å². The fourth-order valence-electron chi connectivity index (χ4n) is 1.86. The van der Waals surface area contributed by atoms with Crippen molar-refractivity contribution in [1.29, 1.82) is 0 Å². The minimum Gasteiger partial charge on any atom is -1.00 e. The number of carboxylic acid groups (broad SMARTS) is 2. The summed E-state index contributed by atoms with van der Waals surface area (Å²) in [5.74, 6) is -5.11. The van der Waals surface area contributed by atoms with Crippen molar-refractivity contribution in [3.8, 4) is 0 Å². The quantitative estimate of drug-likeness (QED) is 0.169. The molecule has 2 atom stereocenters. The zero-order chi connectivity index (χ0) is 19.8. The predicted molar refractivity (Wildman–Crippen MR) is 82.4 cm³/mol. The Morgan fingerprint density at radius 1 is 1.20 bits per heavy atom. The topological polar surface area (TPSA) is 193 Å². The van der Waals surface area contributed by atoms with Crippen molar-refractivity contribution in [3.05, 3.63) is 12.7 Å². The number of hydrogen-bond acceptors (Lipinski definition) is 7. The molecular weight excluding hydrogens is 411 g/mol. The molecule has 0 radical (unpaired) electrons. The fraction of sp³-hybridized carbons (Fsp3) is 0.636. The van der Waals surface area contributed by atoms with E-state index < -0.39 is 49.5 Å². The Kier molecular flexibility index (Phi) is 14.9. The van der Waals surface area contributed by atoms with E-state index >= 15 is 0 Å². The fourth-order valence-corrected chi connectivity index (χ4v) is 3.34. The van der Waals surface area contributed by atoms with Crippen LogP contribution in [0, 0.1) is 5.92 Å². The van der Waals surface area contributed by atoms with Crippen molar-refractivity contribution in [3.63, 3.8) is 0 Å². The van der Waals surface area contributed by atoms with Gasteiger partial charge in [-0.2, -0.15) is 16.8 Å². The SMILES string of the molecule is C=CCOS(=O)(=O)O.CCC(C(=O)O)C(CC)(C(=O)O)S(=O)(=O)O.[H-].[K+]. The standard InChI is InChI=1S/C8H14O7S.C3H6O4S.K.H/c1-3-5(6(9)10)8(4-2,7(11)12)16(13,14)15;1-2-3-7-8(4,5)6;;/h5H,3-4H2,1-2H3,(H,9,10)(H,11,12)(H,13,14,15);2H,1,3H2,(H,4,5,6);;/q;;+1;-1. The van der Waals surface area contributed by atoms with Gasteiger partial charge in [0.15, 0.2) is 0 Å². The molecule has 0 fully saturated rings. The van der Waals surface area contributed by atoms with Crippen LogP contribution in [0.2, 0.25) is 0 Å². The van der Waals surface area contributed by atoms with E-state index in [-0.39, 0.29) is 65.8 Å². The molecule has 0 saturated heterocycles. The largest absolute Gasteiger partial charge is 1.00 e. The Balaban J connectivity index is -0.000000208. The molecule has 144 valence electrons. The number of aliphatic carboxylic acids is 2. The van der Waals surface area contributed by atoms with Crippen LogP contribution in [0.15, 0.2) is 12.7 Å². The molecule has 0 aliphatic rings. The molecule has 0 spiro atoms. The van der Waals surface area contributed by atoms with Gasteiger partial charge in [-0.15, -0.1) is 6.58 Å². The third-order valence-electron chi connectivity index (χ3n) is 2.95. The van der Waals surface area contributed by atoms with E-state index in [1.807, 2.05) is 0 Å². The molecule has 0 saturated carbocycles. The minimum absolute atomic E-state index is 0. The summed E-state index contributed by atoms with van der Waals surface area (Å²) in [7, 11) is -9.27. The maximum Gasteiger partial charge on any atom is 1.00 e. The van der Waals surface area contributed by atoms with Gasteiger partial charge < -0.3 is 11.6 Å². The average molecular weight is 433 g/mol. The summed E-state index contributed by atoms with van der Waals surface area (Å²) in [6.45, 7) is 5.51. The van der Waals surface area contributed by atoms with Crippen molar-refractivity contribution in [1.82, 2.24) is 0 Å². The first-order chi connectivity index (χ1) is 10.7. The van der Waals surface area contributed by atoms with Gasteiger partial charge in [0, 0.05) is 0 Å². The summed E-state index contributed by atoms with van der Waals surface area (Å²) in [5, 5.41) is 17.7. The van der Waals surface area contributed by atoms with Crippen LogP contribution in [-0.4, -0.2) is 59.4 Å². The summed E-state index contributed by atoms with van der Waals surface area (Å²) >= 11 is 0. The van der Waals surface area contributed by atoms with Gasteiger partial charge in [-0.1, -0.05) is 19.9 Å². The van der Waals surface area contributed by atoms with Crippen LogP contribution in [0.5, 0.6) is 0 Å².